The van der Waals surface area contributed by atoms with Crippen LogP contribution in [0.1, 0.15) is 29.8 Å². The molecule has 0 amide bonds. The summed E-state index contributed by atoms with van der Waals surface area (Å²) >= 11 is 0. The lowest BCUT2D eigenvalue weighted by Crippen LogP contribution is -2.34. The molecule has 28 heavy (non-hydrogen) atoms. The quantitative estimate of drug-likeness (QED) is 0.763. The van der Waals surface area contributed by atoms with Gasteiger partial charge in [0.2, 0.25) is 0 Å². The van der Waals surface area contributed by atoms with Gasteiger partial charge in [0, 0.05) is 38.2 Å². The Kier molecular flexibility index (Phi) is 10.1. The molecule has 0 saturated carbocycles. The first-order valence-corrected chi connectivity index (χ1v) is 8.89. The number of imidazole rings is 1. The molecule has 0 aliphatic carbocycles. The minimum Gasteiger partial charge on any atom is -0.483 e. The van der Waals surface area contributed by atoms with Gasteiger partial charge in [0.1, 0.15) is 11.8 Å². The molecule has 2 N–H and O–H groups in total. The predicted molar refractivity (Wildman–Crippen MR) is 102 cm³/mol. The summed E-state index contributed by atoms with van der Waals surface area (Å²) in [5.74, 6) is 0.747. The van der Waals surface area contributed by atoms with E-state index in [1.807, 2.05) is 36.4 Å². The molecule has 0 aromatic carbocycles. The second-order valence-electron chi connectivity index (χ2n) is 6.50. The standard InChI is InChI=1S/C17H23N5.2CH2O2/c1-14-16(9-17(10-18)20(14)2)12-21-6-3-15(4-7-21)11-22-8-5-19-13-22;2*2-1-3/h5,8-9,13,15H,3-4,6-7,11-12H2,1-2H3;2*1H,(H,2,3). The van der Waals surface area contributed by atoms with Crippen molar-refractivity contribution in [2.24, 2.45) is 13.0 Å². The number of carbonyl (C=O) groups is 2. The fraction of sp³-hybridized carbons (Fsp3) is 0.474. The van der Waals surface area contributed by atoms with Gasteiger partial charge in [0.15, 0.2) is 0 Å². The van der Waals surface area contributed by atoms with Gasteiger partial charge in [-0.15, -0.1) is 0 Å². The van der Waals surface area contributed by atoms with Gasteiger partial charge in [0.25, 0.3) is 12.9 Å². The molecule has 1 aliphatic heterocycles. The first-order chi connectivity index (χ1) is 13.5. The SMILES string of the molecule is Cc1c(CN2CCC(Cn3ccnc3)CC2)cc(C#N)n1C.O=CO.O=CO. The number of piperidine rings is 1. The van der Waals surface area contributed by atoms with E-state index in [9.17, 15) is 0 Å². The smallest absolute Gasteiger partial charge is 0.290 e. The number of hydrogen-bond donors (Lipinski definition) is 2. The number of hydrogen-bond acceptors (Lipinski definition) is 5. The molecule has 152 valence electrons. The van der Waals surface area contributed by atoms with E-state index in [4.69, 9.17) is 25.1 Å². The molecule has 0 bridgehead atoms. The predicted octanol–water partition coefficient (Wildman–Crippen LogP) is 1.72. The number of carboxylic acid groups (broad SMARTS) is 2. The molecule has 1 saturated heterocycles. The third-order valence-electron chi connectivity index (χ3n) is 4.88. The summed E-state index contributed by atoms with van der Waals surface area (Å²) in [5.41, 5.74) is 3.24. The van der Waals surface area contributed by atoms with Crippen molar-refractivity contribution in [1.29, 1.82) is 5.26 Å². The van der Waals surface area contributed by atoms with Crippen molar-refractivity contribution in [3.63, 3.8) is 0 Å². The largest absolute Gasteiger partial charge is 0.483 e. The Bertz CT molecular complexity index is 750. The van der Waals surface area contributed by atoms with Crippen molar-refractivity contribution in [3.05, 3.63) is 41.7 Å². The van der Waals surface area contributed by atoms with Crippen molar-refractivity contribution < 1.29 is 19.8 Å². The van der Waals surface area contributed by atoms with Crippen LogP contribution in [0.15, 0.2) is 24.8 Å². The van der Waals surface area contributed by atoms with Crippen LogP contribution < -0.4 is 0 Å². The van der Waals surface area contributed by atoms with Crippen LogP contribution in [0.5, 0.6) is 0 Å². The highest BCUT2D eigenvalue weighted by Crippen LogP contribution is 2.22. The Morgan fingerprint density at radius 2 is 1.89 bits per heavy atom. The number of nitrogens with zero attached hydrogens (tertiary/aromatic N) is 5. The van der Waals surface area contributed by atoms with E-state index in [0.29, 0.717) is 0 Å². The Hall–Kier alpha value is -3.12. The Morgan fingerprint density at radius 1 is 1.29 bits per heavy atom. The van der Waals surface area contributed by atoms with E-state index in [1.165, 1.54) is 24.1 Å². The molecule has 1 fully saturated rings. The van der Waals surface area contributed by atoms with E-state index in [-0.39, 0.29) is 12.9 Å². The highest BCUT2D eigenvalue weighted by Gasteiger charge is 2.21. The fourth-order valence-electron chi connectivity index (χ4n) is 3.29. The second kappa shape index (κ2) is 12.3. The Labute approximate surface area is 164 Å². The van der Waals surface area contributed by atoms with Crippen LogP contribution >= 0.6 is 0 Å². The molecule has 0 atom stereocenters. The van der Waals surface area contributed by atoms with Crippen LogP contribution in [0.25, 0.3) is 0 Å². The summed E-state index contributed by atoms with van der Waals surface area (Å²) in [4.78, 5) is 23.3. The van der Waals surface area contributed by atoms with Gasteiger partial charge in [-0.2, -0.15) is 5.26 Å². The Balaban J connectivity index is 0.000000582. The summed E-state index contributed by atoms with van der Waals surface area (Å²) in [7, 11) is 1.97. The summed E-state index contributed by atoms with van der Waals surface area (Å²) < 4.78 is 4.17. The molecule has 0 spiro atoms. The van der Waals surface area contributed by atoms with Crippen LogP contribution in [-0.4, -0.2) is 55.3 Å². The topological polar surface area (TPSA) is 124 Å². The normalized spacial score (nSPS) is 14.0. The zero-order valence-electron chi connectivity index (χ0n) is 16.2. The molecule has 3 rings (SSSR count). The maximum absolute atomic E-state index is 9.13. The maximum Gasteiger partial charge on any atom is 0.290 e. The molecule has 0 radical (unpaired) electrons. The van der Waals surface area contributed by atoms with Gasteiger partial charge in [-0.25, -0.2) is 4.98 Å². The first kappa shape index (κ1) is 22.9. The highest BCUT2D eigenvalue weighted by molar-refractivity contribution is 5.34. The van der Waals surface area contributed by atoms with Crippen LogP contribution in [0.4, 0.5) is 0 Å². The number of likely N-dealkylation sites (tertiary alicyclic amines) is 1. The van der Waals surface area contributed by atoms with Crippen molar-refractivity contribution in [2.75, 3.05) is 13.1 Å². The lowest BCUT2D eigenvalue weighted by atomic mass is 9.96. The monoisotopic (exact) mass is 389 g/mol. The molecule has 1 aliphatic rings. The molecule has 2 aromatic heterocycles. The van der Waals surface area contributed by atoms with E-state index in [2.05, 4.69) is 27.4 Å². The number of nitriles is 1. The average molecular weight is 389 g/mol. The molecule has 2 aromatic rings. The minimum atomic E-state index is -0.250. The molecular formula is C19H27N5O4. The van der Waals surface area contributed by atoms with Crippen LogP contribution in [0.3, 0.4) is 0 Å². The molecule has 9 nitrogen and oxygen atoms in total. The van der Waals surface area contributed by atoms with E-state index >= 15 is 0 Å². The summed E-state index contributed by atoms with van der Waals surface area (Å²) in [6.45, 7) is 5.91. The van der Waals surface area contributed by atoms with Crippen molar-refractivity contribution >= 4 is 12.9 Å². The lowest BCUT2D eigenvalue weighted by molar-refractivity contribution is -0.123. The number of aromatic nitrogens is 3. The van der Waals surface area contributed by atoms with Gasteiger partial charge in [-0.3, -0.25) is 14.5 Å². The van der Waals surface area contributed by atoms with Gasteiger partial charge in [0.05, 0.1) is 6.33 Å². The third kappa shape index (κ3) is 6.89. The van der Waals surface area contributed by atoms with Crippen LogP contribution in [0, 0.1) is 24.2 Å². The fourth-order valence-corrected chi connectivity index (χ4v) is 3.29. The molecular weight excluding hydrogens is 362 g/mol. The van der Waals surface area contributed by atoms with Crippen molar-refractivity contribution in [3.8, 4) is 6.07 Å². The first-order valence-electron chi connectivity index (χ1n) is 8.89. The zero-order valence-corrected chi connectivity index (χ0v) is 16.2. The molecule has 3 heterocycles. The summed E-state index contributed by atoms with van der Waals surface area (Å²) in [6, 6.07) is 4.30. The van der Waals surface area contributed by atoms with Gasteiger partial charge < -0.3 is 19.3 Å². The van der Waals surface area contributed by atoms with Crippen LogP contribution in [0.2, 0.25) is 0 Å². The maximum atomic E-state index is 9.13. The van der Waals surface area contributed by atoms with E-state index in [1.54, 1.807) is 0 Å². The van der Waals surface area contributed by atoms with Crippen molar-refractivity contribution in [1.82, 2.24) is 19.0 Å². The van der Waals surface area contributed by atoms with Gasteiger partial charge >= 0.3 is 0 Å². The highest BCUT2D eigenvalue weighted by atomic mass is 16.3. The summed E-state index contributed by atoms with van der Waals surface area (Å²) in [6.07, 6.45) is 8.26. The van der Waals surface area contributed by atoms with Crippen molar-refractivity contribution in [2.45, 2.75) is 32.9 Å². The van der Waals surface area contributed by atoms with E-state index in [0.717, 1.165) is 37.8 Å². The average Bonchev–Trinajstić information content (AvgIpc) is 3.28. The van der Waals surface area contributed by atoms with Crippen LogP contribution in [-0.2, 0) is 29.7 Å². The zero-order chi connectivity index (χ0) is 20.9. The number of rotatable bonds is 4. The minimum absolute atomic E-state index is 0.250. The molecule has 0 unspecified atom stereocenters. The Morgan fingerprint density at radius 3 is 2.36 bits per heavy atom. The lowest BCUT2D eigenvalue weighted by Gasteiger charge is -2.32. The van der Waals surface area contributed by atoms with Gasteiger partial charge in [-0.1, -0.05) is 0 Å². The van der Waals surface area contributed by atoms with E-state index < -0.39 is 0 Å². The third-order valence-corrected chi connectivity index (χ3v) is 4.88. The molecule has 9 heteroatoms. The summed E-state index contributed by atoms with van der Waals surface area (Å²) in [5, 5.41) is 22.9. The second-order valence-corrected chi connectivity index (χ2v) is 6.50. The van der Waals surface area contributed by atoms with Gasteiger partial charge in [-0.05, 0) is 50.4 Å².